The van der Waals surface area contributed by atoms with E-state index in [1.807, 2.05) is 111 Å². The molecule has 2 heterocycles. The standard InChI is InChI=1S/C55H63BrN2O7SSi2/c1-11-62-45-35-25-24-34-44(45)46(63-36-37-64-67(53(3,4)5,40-26-16-12-17-27-40)41-28-18-13-19-29-41)38-57-50-47(39(2)48(56)66-50)49(59)58(52(57)61)55(9,10)51(60)65-68(54(6,7)8,42-30-20-14-21-31-42)43-32-22-15-23-33-43/h12-35,46H,11,36-38H2,1-10H3/t46-/m0/s1. The van der Waals surface area contributed by atoms with Gasteiger partial charge in [0.2, 0.25) is 0 Å². The van der Waals surface area contributed by atoms with Crippen LogP contribution in [-0.2, 0) is 30.5 Å². The minimum Gasteiger partial charge on any atom is -0.508 e. The van der Waals surface area contributed by atoms with Crippen molar-refractivity contribution in [2.45, 2.75) is 97.5 Å². The van der Waals surface area contributed by atoms with E-state index in [0.29, 0.717) is 31.9 Å². The van der Waals surface area contributed by atoms with E-state index in [9.17, 15) is 4.79 Å². The summed E-state index contributed by atoms with van der Waals surface area (Å²) in [7, 11) is -6.37. The van der Waals surface area contributed by atoms with Gasteiger partial charge in [-0.15, -0.1) is 11.3 Å². The van der Waals surface area contributed by atoms with Crippen LogP contribution in [-0.4, -0.2) is 51.6 Å². The maximum atomic E-state index is 15.5. The summed E-state index contributed by atoms with van der Waals surface area (Å²) in [5, 5.41) is 3.63. The minimum absolute atomic E-state index is 0.00879. The molecular weight excluding hydrogens is 969 g/mol. The first-order valence-electron chi connectivity index (χ1n) is 23.2. The second-order valence-corrected chi connectivity index (χ2v) is 30.5. The molecular formula is C55H63BrN2O7SSi2. The molecule has 0 spiro atoms. The van der Waals surface area contributed by atoms with Crippen molar-refractivity contribution in [2.75, 3.05) is 19.8 Å². The van der Waals surface area contributed by atoms with E-state index in [4.69, 9.17) is 18.3 Å². The van der Waals surface area contributed by atoms with Gasteiger partial charge in [-0.1, -0.05) is 181 Å². The summed E-state index contributed by atoms with van der Waals surface area (Å²) in [4.78, 5) is 46.1. The molecule has 0 amide bonds. The quantitative estimate of drug-likeness (QED) is 0.0662. The molecule has 1 atom stereocenters. The molecule has 5 aromatic carbocycles. The van der Waals surface area contributed by atoms with Gasteiger partial charge in [0.05, 0.1) is 35.5 Å². The molecule has 0 fully saturated rings. The van der Waals surface area contributed by atoms with Crippen LogP contribution < -0.4 is 36.7 Å². The fourth-order valence-corrected chi connectivity index (χ4v) is 20.3. The zero-order valence-corrected chi connectivity index (χ0v) is 45.2. The number of ether oxygens (including phenoxy) is 2. The summed E-state index contributed by atoms with van der Waals surface area (Å²) < 4.78 is 30.7. The largest absolute Gasteiger partial charge is 0.508 e. The Balaban J connectivity index is 1.33. The summed E-state index contributed by atoms with van der Waals surface area (Å²) >= 11 is 4.99. The van der Waals surface area contributed by atoms with Gasteiger partial charge in [-0.2, -0.15) is 0 Å². The summed E-state index contributed by atoms with van der Waals surface area (Å²) in [5.41, 5.74) is -1.60. The average molecular weight is 1030 g/mol. The van der Waals surface area contributed by atoms with Crippen LogP contribution in [0.15, 0.2) is 159 Å². The Hall–Kier alpha value is -5.16. The highest BCUT2D eigenvalue weighted by atomic mass is 79.9. The second kappa shape index (κ2) is 20.4. The molecule has 2 aromatic heterocycles. The highest BCUT2D eigenvalue weighted by Crippen LogP contribution is 2.40. The highest BCUT2D eigenvalue weighted by Gasteiger charge is 2.55. The number of benzene rings is 5. The van der Waals surface area contributed by atoms with Crippen LogP contribution in [0.2, 0.25) is 10.1 Å². The Morgan fingerprint density at radius 1 is 0.662 bits per heavy atom. The van der Waals surface area contributed by atoms with E-state index >= 15 is 9.59 Å². The molecule has 7 aromatic rings. The van der Waals surface area contributed by atoms with Gasteiger partial charge in [0.1, 0.15) is 22.2 Å². The Morgan fingerprint density at radius 3 is 1.59 bits per heavy atom. The van der Waals surface area contributed by atoms with Gasteiger partial charge in [0, 0.05) is 5.56 Å². The number of hydrogen-bond acceptors (Lipinski definition) is 8. The van der Waals surface area contributed by atoms with Gasteiger partial charge in [-0.3, -0.25) is 14.2 Å². The van der Waals surface area contributed by atoms with Crippen molar-refractivity contribution < 1.29 is 23.1 Å². The molecule has 0 radical (unpaired) electrons. The third-order valence-electron chi connectivity index (χ3n) is 12.9. The zero-order chi connectivity index (χ0) is 49.1. The van der Waals surface area contributed by atoms with E-state index in [1.165, 1.54) is 11.3 Å². The minimum atomic E-state index is -3.46. The van der Waals surface area contributed by atoms with Crippen molar-refractivity contribution in [3.63, 3.8) is 0 Å². The van der Waals surface area contributed by atoms with Gasteiger partial charge in [0.25, 0.3) is 13.9 Å². The number of carbonyl (C=O) groups is 1. The Kier molecular flexibility index (Phi) is 15.2. The fourth-order valence-electron chi connectivity index (χ4n) is 9.56. The lowest BCUT2D eigenvalue weighted by molar-refractivity contribution is -0.144. The van der Waals surface area contributed by atoms with Crippen molar-refractivity contribution in [3.05, 3.63) is 181 Å². The lowest BCUT2D eigenvalue weighted by Gasteiger charge is -2.43. The molecule has 0 saturated carbocycles. The number of aromatic nitrogens is 2. The molecule has 68 heavy (non-hydrogen) atoms. The SMILES string of the molecule is CCOc1ccccc1[C@H](Cn1c(=O)n(C(C)(C)C(=O)O[Si](c2ccccc2)(c2ccccc2)C(C)(C)C)c(=O)c2c(C)c(Br)sc21)OCCO[Si](c1ccccc1)(c1ccccc1)C(C)(C)C. The average Bonchev–Trinajstić information content (AvgIpc) is 3.62. The first-order valence-corrected chi connectivity index (χ1v) is 28.6. The fraction of sp³-hybridized carbons (Fsp3) is 0.327. The van der Waals surface area contributed by atoms with E-state index in [2.05, 4.69) is 106 Å². The lowest BCUT2D eigenvalue weighted by atomic mass is 10.1. The Morgan fingerprint density at radius 2 is 1.12 bits per heavy atom. The van der Waals surface area contributed by atoms with Gasteiger partial charge < -0.3 is 18.3 Å². The number of fused-ring (bicyclic) bond motifs is 1. The lowest BCUT2D eigenvalue weighted by Crippen LogP contribution is -2.69. The van der Waals surface area contributed by atoms with Crippen LogP contribution in [0.25, 0.3) is 10.2 Å². The molecule has 0 N–H and O–H groups in total. The van der Waals surface area contributed by atoms with Gasteiger partial charge in [-0.05, 0) is 86.1 Å². The predicted octanol–water partition coefficient (Wildman–Crippen LogP) is 9.87. The summed E-state index contributed by atoms with van der Waals surface area (Å²) in [6.45, 7) is 20.8. The number of halogens is 1. The van der Waals surface area contributed by atoms with E-state index in [1.54, 1.807) is 18.4 Å². The number of hydrogen-bond donors (Lipinski definition) is 0. The van der Waals surface area contributed by atoms with Crippen LogP contribution in [0.4, 0.5) is 0 Å². The van der Waals surface area contributed by atoms with Crippen molar-refractivity contribution in [1.29, 1.82) is 0 Å². The third-order valence-corrected chi connectivity index (χ3v) is 25.0. The summed E-state index contributed by atoms with van der Waals surface area (Å²) in [6.07, 6.45) is -0.749. The topological polar surface area (TPSA) is 98.0 Å². The monoisotopic (exact) mass is 1030 g/mol. The normalized spacial score (nSPS) is 13.1. The van der Waals surface area contributed by atoms with Gasteiger partial charge >= 0.3 is 20.0 Å². The maximum absolute atomic E-state index is 15.5. The van der Waals surface area contributed by atoms with Crippen molar-refractivity contribution >= 4 is 80.8 Å². The molecule has 9 nitrogen and oxygen atoms in total. The molecule has 0 saturated heterocycles. The van der Waals surface area contributed by atoms with Crippen molar-refractivity contribution in [3.8, 4) is 5.75 Å². The van der Waals surface area contributed by atoms with E-state index in [-0.39, 0.29) is 24.8 Å². The van der Waals surface area contributed by atoms with Crippen molar-refractivity contribution in [2.24, 2.45) is 0 Å². The molecule has 0 aliphatic carbocycles. The maximum Gasteiger partial charge on any atom is 0.333 e. The number of para-hydroxylation sites is 1. The number of carbonyl (C=O) groups excluding carboxylic acids is 1. The van der Waals surface area contributed by atoms with Gasteiger partial charge in [0.15, 0.2) is 0 Å². The highest BCUT2D eigenvalue weighted by molar-refractivity contribution is 9.11. The molecule has 0 aliphatic rings. The number of aryl methyl sites for hydroxylation is 1. The molecule has 0 bridgehead atoms. The third kappa shape index (κ3) is 9.45. The predicted molar refractivity (Wildman–Crippen MR) is 286 cm³/mol. The van der Waals surface area contributed by atoms with E-state index < -0.39 is 50.5 Å². The first kappa shape index (κ1) is 50.7. The summed E-state index contributed by atoms with van der Waals surface area (Å²) in [5.74, 6) is -0.0675. The number of thiophene rings is 1. The smallest absolute Gasteiger partial charge is 0.333 e. The number of nitrogens with zero attached hydrogens (tertiary/aromatic N) is 2. The molecule has 13 heteroatoms. The van der Waals surface area contributed by atoms with Gasteiger partial charge in [-0.25, -0.2) is 9.36 Å². The van der Waals surface area contributed by atoms with E-state index in [0.717, 1.165) is 30.9 Å². The molecule has 7 rings (SSSR count). The van der Waals surface area contributed by atoms with Crippen LogP contribution in [0.3, 0.4) is 0 Å². The van der Waals surface area contributed by atoms with Crippen LogP contribution in [0, 0.1) is 6.92 Å². The number of rotatable bonds is 17. The van der Waals surface area contributed by atoms with Crippen LogP contribution in [0.5, 0.6) is 5.75 Å². The zero-order valence-electron chi connectivity index (χ0n) is 40.8. The Labute approximate surface area is 415 Å². The first-order chi connectivity index (χ1) is 32.3. The van der Waals surface area contributed by atoms with Crippen LogP contribution in [0.1, 0.15) is 79.5 Å². The van der Waals surface area contributed by atoms with Crippen LogP contribution >= 0.6 is 27.3 Å². The molecule has 0 unspecified atom stereocenters. The summed E-state index contributed by atoms with van der Waals surface area (Å²) in [6, 6.07) is 48.3. The van der Waals surface area contributed by atoms with Crippen molar-refractivity contribution in [1.82, 2.24) is 9.13 Å². The second-order valence-electron chi connectivity index (χ2n) is 19.7. The molecule has 356 valence electrons. The Bertz CT molecular complexity index is 2880. The molecule has 0 aliphatic heterocycles.